The summed E-state index contributed by atoms with van der Waals surface area (Å²) in [5.41, 5.74) is 1.11. The lowest BCUT2D eigenvalue weighted by Crippen LogP contribution is -2.32. The Morgan fingerprint density at radius 1 is 1.50 bits per heavy atom. The zero-order valence-corrected chi connectivity index (χ0v) is 11.0. The Balaban J connectivity index is 2.05. The van der Waals surface area contributed by atoms with Crippen molar-refractivity contribution in [2.45, 2.75) is 51.1 Å². The SMILES string of the molecule is CCn1cc(C(NC)C2CCC(F)(F)CC2)cn1. The number of nitrogens with zero attached hydrogens (tertiary/aromatic N) is 2. The fourth-order valence-corrected chi connectivity index (χ4v) is 2.78. The van der Waals surface area contributed by atoms with E-state index < -0.39 is 5.92 Å². The lowest BCUT2D eigenvalue weighted by Gasteiger charge is -2.33. The zero-order chi connectivity index (χ0) is 13.2. The van der Waals surface area contributed by atoms with Crippen LogP contribution in [-0.2, 0) is 6.54 Å². The molecule has 1 aromatic rings. The van der Waals surface area contributed by atoms with Gasteiger partial charge in [0.25, 0.3) is 0 Å². The monoisotopic (exact) mass is 257 g/mol. The first-order chi connectivity index (χ1) is 8.55. The van der Waals surface area contributed by atoms with Gasteiger partial charge in [-0.1, -0.05) is 0 Å². The molecule has 1 heterocycles. The molecule has 0 saturated heterocycles. The van der Waals surface area contributed by atoms with Gasteiger partial charge in [0.1, 0.15) is 0 Å². The Bertz CT molecular complexity index is 379. The molecule has 1 saturated carbocycles. The maximum Gasteiger partial charge on any atom is 0.248 e. The quantitative estimate of drug-likeness (QED) is 0.898. The third-order valence-corrected chi connectivity index (χ3v) is 3.88. The predicted molar refractivity (Wildman–Crippen MR) is 66.6 cm³/mol. The molecule has 3 nitrogen and oxygen atoms in total. The van der Waals surface area contributed by atoms with Crippen molar-refractivity contribution in [2.75, 3.05) is 7.05 Å². The first-order valence-electron chi connectivity index (χ1n) is 6.63. The fraction of sp³-hybridized carbons (Fsp3) is 0.769. The van der Waals surface area contributed by atoms with Crippen molar-refractivity contribution in [3.63, 3.8) is 0 Å². The summed E-state index contributed by atoms with van der Waals surface area (Å²) in [5, 5.41) is 7.51. The van der Waals surface area contributed by atoms with E-state index in [0.717, 1.165) is 12.1 Å². The molecule has 0 bridgehead atoms. The van der Waals surface area contributed by atoms with E-state index in [0.29, 0.717) is 12.8 Å². The summed E-state index contributed by atoms with van der Waals surface area (Å²) in [7, 11) is 1.89. The second kappa shape index (κ2) is 5.34. The summed E-state index contributed by atoms with van der Waals surface area (Å²) in [6, 6.07) is 0.140. The summed E-state index contributed by atoms with van der Waals surface area (Å²) in [6.07, 6.45) is 5.03. The highest BCUT2D eigenvalue weighted by Gasteiger charge is 2.37. The number of aromatic nitrogens is 2. The summed E-state index contributed by atoms with van der Waals surface area (Å²) < 4.78 is 28.2. The van der Waals surface area contributed by atoms with Crippen LogP contribution in [0, 0.1) is 5.92 Å². The van der Waals surface area contributed by atoms with E-state index in [4.69, 9.17) is 0 Å². The molecule has 0 radical (unpaired) electrons. The molecule has 102 valence electrons. The molecule has 0 spiro atoms. The van der Waals surface area contributed by atoms with Crippen molar-refractivity contribution < 1.29 is 8.78 Å². The van der Waals surface area contributed by atoms with E-state index in [1.807, 2.05) is 31.0 Å². The van der Waals surface area contributed by atoms with Gasteiger partial charge >= 0.3 is 0 Å². The van der Waals surface area contributed by atoms with Gasteiger partial charge in [0.05, 0.1) is 6.20 Å². The number of rotatable bonds is 4. The number of alkyl halides is 2. The summed E-state index contributed by atoms with van der Waals surface area (Å²) >= 11 is 0. The van der Waals surface area contributed by atoms with Crippen LogP contribution in [0.3, 0.4) is 0 Å². The van der Waals surface area contributed by atoms with E-state index in [9.17, 15) is 8.78 Å². The Labute approximate surface area is 107 Å². The van der Waals surface area contributed by atoms with Crippen LogP contribution in [0.4, 0.5) is 8.78 Å². The summed E-state index contributed by atoms with van der Waals surface area (Å²) in [6.45, 7) is 2.87. The van der Waals surface area contributed by atoms with Crippen molar-refractivity contribution >= 4 is 0 Å². The van der Waals surface area contributed by atoms with Gasteiger partial charge in [-0.25, -0.2) is 8.78 Å². The van der Waals surface area contributed by atoms with E-state index >= 15 is 0 Å². The van der Waals surface area contributed by atoms with Crippen molar-refractivity contribution in [3.05, 3.63) is 18.0 Å². The number of nitrogens with one attached hydrogen (secondary N) is 1. The highest BCUT2D eigenvalue weighted by Crippen LogP contribution is 2.41. The van der Waals surface area contributed by atoms with Gasteiger partial charge in [-0.15, -0.1) is 0 Å². The van der Waals surface area contributed by atoms with Crippen LogP contribution in [0.5, 0.6) is 0 Å². The molecule has 0 aliphatic heterocycles. The van der Waals surface area contributed by atoms with Crippen molar-refractivity contribution in [1.29, 1.82) is 0 Å². The standard InChI is InChI=1S/C13H21F2N3/c1-3-18-9-11(8-17-18)12(16-2)10-4-6-13(14,15)7-5-10/h8-10,12,16H,3-7H2,1-2H3. The highest BCUT2D eigenvalue weighted by molar-refractivity contribution is 5.12. The minimum absolute atomic E-state index is 0.0117. The first kappa shape index (κ1) is 13.5. The average molecular weight is 257 g/mol. The normalized spacial score (nSPS) is 22.0. The minimum Gasteiger partial charge on any atom is -0.313 e. The first-order valence-corrected chi connectivity index (χ1v) is 6.63. The Morgan fingerprint density at radius 2 is 2.17 bits per heavy atom. The molecule has 1 N–H and O–H groups in total. The molecule has 2 rings (SSSR count). The van der Waals surface area contributed by atoms with E-state index in [-0.39, 0.29) is 24.8 Å². The van der Waals surface area contributed by atoms with E-state index in [2.05, 4.69) is 10.4 Å². The number of hydrogen-bond donors (Lipinski definition) is 1. The molecule has 1 fully saturated rings. The van der Waals surface area contributed by atoms with E-state index in [1.54, 1.807) is 0 Å². The highest BCUT2D eigenvalue weighted by atomic mass is 19.3. The molecule has 1 aromatic heterocycles. The number of hydrogen-bond acceptors (Lipinski definition) is 2. The topological polar surface area (TPSA) is 29.9 Å². The Kier molecular flexibility index (Phi) is 4.00. The second-order valence-corrected chi connectivity index (χ2v) is 5.09. The summed E-state index contributed by atoms with van der Waals surface area (Å²) in [5.74, 6) is -2.17. The fourth-order valence-electron chi connectivity index (χ4n) is 2.78. The molecule has 5 heteroatoms. The van der Waals surface area contributed by atoms with Crippen molar-refractivity contribution in [3.8, 4) is 0 Å². The average Bonchev–Trinajstić information content (AvgIpc) is 2.81. The van der Waals surface area contributed by atoms with Crippen LogP contribution in [0.25, 0.3) is 0 Å². The van der Waals surface area contributed by atoms with Crippen LogP contribution in [0.2, 0.25) is 0 Å². The second-order valence-electron chi connectivity index (χ2n) is 5.09. The maximum atomic E-state index is 13.2. The minimum atomic E-state index is -2.46. The van der Waals surface area contributed by atoms with Crippen LogP contribution in [0.15, 0.2) is 12.4 Å². The largest absolute Gasteiger partial charge is 0.313 e. The van der Waals surface area contributed by atoms with E-state index in [1.165, 1.54) is 0 Å². The molecule has 1 aliphatic rings. The lowest BCUT2D eigenvalue weighted by molar-refractivity contribution is -0.0495. The Hall–Kier alpha value is -0.970. The van der Waals surface area contributed by atoms with Gasteiger partial charge < -0.3 is 5.32 Å². The van der Waals surface area contributed by atoms with Gasteiger partial charge in [-0.3, -0.25) is 4.68 Å². The van der Waals surface area contributed by atoms with Crippen LogP contribution in [-0.4, -0.2) is 22.8 Å². The van der Waals surface area contributed by atoms with Gasteiger partial charge in [0, 0.05) is 37.2 Å². The molecule has 1 unspecified atom stereocenters. The molecular formula is C13H21F2N3. The molecule has 1 aliphatic carbocycles. The van der Waals surface area contributed by atoms with Crippen LogP contribution in [0.1, 0.15) is 44.2 Å². The third kappa shape index (κ3) is 2.88. The van der Waals surface area contributed by atoms with Crippen molar-refractivity contribution in [2.24, 2.45) is 5.92 Å². The van der Waals surface area contributed by atoms with Crippen molar-refractivity contribution in [1.82, 2.24) is 15.1 Å². The zero-order valence-electron chi connectivity index (χ0n) is 11.0. The molecular weight excluding hydrogens is 236 g/mol. The van der Waals surface area contributed by atoms with Gasteiger partial charge in [-0.2, -0.15) is 5.10 Å². The molecule has 1 atom stereocenters. The van der Waals surface area contributed by atoms with Gasteiger partial charge in [-0.05, 0) is 32.7 Å². The van der Waals surface area contributed by atoms with Gasteiger partial charge in [0.2, 0.25) is 5.92 Å². The smallest absolute Gasteiger partial charge is 0.248 e. The number of halogens is 2. The predicted octanol–water partition coefficient (Wildman–Crippen LogP) is 2.99. The lowest BCUT2D eigenvalue weighted by atomic mass is 9.80. The Morgan fingerprint density at radius 3 is 2.67 bits per heavy atom. The summed E-state index contributed by atoms with van der Waals surface area (Å²) in [4.78, 5) is 0. The number of aryl methyl sites for hydroxylation is 1. The third-order valence-electron chi connectivity index (χ3n) is 3.88. The maximum absolute atomic E-state index is 13.2. The molecule has 18 heavy (non-hydrogen) atoms. The van der Waals surface area contributed by atoms with Crippen LogP contribution < -0.4 is 5.32 Å². The molecule has 0 amide bonds. The van der Waals surface area contributed by atoms with Crippen LogP contribution >= 0.6 is 0 Å². The molecule has 0 aromatic carbocycles. The van der Waals surface area contributed by atoms with Gasteiger partial charge in [0.15, 0.2) is 0 Å².